The van der Waals surface area contributed by atoms with Crippen molar-refractivity contribution < 1.29 is 13.2 Å². The van der Waals surface area contributed by atoms with Crippen LogP contribution in [0, 0.1) is 5.92 Å². The van der Waals surface area contributed by atoms with Gasteiger partial charge in [0, 0.05) is 37.8 Å². The van der Waals surface area contributed by atoms with Crippen LogP contribution in [0.15, 0.2) is 29.2 Å². The van der Waals surface area contributed by atoms with E-state index in [1.54, 1.807) is 24.1 Å². The lowest BCUT2D eigenvalue weighted by molar-refractivity contribution is 0.0573. The van der Waals surface area contributed by atoms with E-state index >= 15 is 0 Å². The Morgan fingerprint density at radius 3 is 2.68 bits per heavy atom. The molecule has 0 aromatic heterocycles. The fourth-order valence-corrected chi connectivity index (χ4v) is 4.56. The van der Waals surface area contributed by atoms with Crippen LogP contribution >= 0.6 is 0 Å². The molecule has 1 heterocycles. The molecule has 0 spiro atoms. The summed E-state index contributed by atoms with van der Waals surface area (Å²) in [4.78, 5) is 14.9. The summed E-state index contributed by atoms with van der Waals surface area (Å²) in [5, 5.41) is 0. The molecule has 2 atom stereocenters. The zero-order valence-electron chi connectivity index (χ0n) is 15.5. The highest BCUT2D eigenvalue weighted by Crippen LogP contribution is 2.25. The van der Waals surface area contributed by atoms with Gasteiger partial charge in [0.05, 0.1) is 4.90 Å². The molecule has 140 valence electrons. The van der Waals surface area contributed by atoms with Crippen molar-refractivity contribution in [2.75, 3.05) is 20.1 Å². The van der Waals surface area contributed by atoms with E-state index in [1.807, 2.05) is 13.8 Å². The highest BCUT2D eigenvalue weighted by atomic mass is 32.2. The monoisotopic (exact) mass is 367 g/mol. The number of sulfonamides is 1. The lowest BCUT2D eigenvalue weighted by Crippen LogP contribution is -2.49. The maximum Gasteiger partial charge on any atom is 0.254 e. The van der Waals surface area contributed by atoms with Gasteiger partial charge in [-0.3, -0.25) is 4.79 Å². The minimum absolute atomic E-state index is 0.00912. The summed E-state index contributed by atoms with van der Waals surface area (Å²) < 4.78 is 26.6. The molecule has 1 aromatic carbocycles. The molecule has 1 amide bonds. The van der Waals surface area contributed by atoms with Gasteiger partial charge in [0.2, 0.25) is 10.0 Å². The first kappa shape index (κ1) is 19.9. The van der Waals surface area contributed by atoms with E-state index in [9.17, 15) is 13.2 Å². The van der Waals surface area contributed by atoms with Crippen molar-refractivity contribution in [1.29, 1.82) is 0 Å². The fourth-order valence-electron chi connectivity index (χ4n) is 3.14. The Morgan fingerprint density at radius 2 is 2.08 bits per heavy atom. The third-order valence-corrected chi connectivity index (χ3v) is 7.03. The van der Waals surface area contributed by atoms with Crippen molar-refractivity contribution in [1.82, 2.24) is 9.21 Å². The first-order valence-electron chi connectivity index (χ1n) is 8.77. The quantitative estimate of drug-likeness (QED) is 0.862. The largest absolute Gasteiger partial charge is 0.334 e. The number of rotatable bonds is 5. The second-order valence-corrected chi connectivity index (χ2v) is 9.16. The van der Waals surface area contributed by atoms with Crippen LogP contribution in [0.4, 0.5) is 0 Å². The van der Waals surface area contributed by atoms with Crippen molar-refractivity contribution in [3.8, 4) is 0 Å². The van der Waals surface area contributed by atoms with Crippen LogP contribution in [-0.2, 0) is 10.0 Å². The van der Waals surface area contributed by atoms with E-state index in [0.29, 0.717) is 24.6 Å². The maximum absolute atomic E-state index is 12.9. The highest BCUT2D eigenvalue weighted by molar-refractivity contribution is 7.89. The molecule has 2 unspecified atom stereocenters. The molecule has 0 saturated carbocycles. The van der Waals surface area contributed by atoms with Gasteiger partial charge in [-0.15, -0.1) is 0 Å². The van der Waals surface area contributed by atoms with Crippen LogP contribution in [0.25, 0.3) is 0 Å². The van der Waals surface area contributed by atoms with Gasteiger partial charge in [-0.05, 0) is 50.8 Å². The van der Waals surface area contributed by atoms with Crippen LogP contribution < -0.4 is 5.73 Å². The molecule has 0 radical (unpaired) electrons. The Kier molecular flexibility index (Phi) is 6.24. The number of hydrogen-bond acceptors (Lipinski definition) is 4. The Balaban J connectivity index is 2.31. The van der Waals surface area contributed by atoms with Gasteiger partial charge in [0.1, 0.15) is 0 Å². The molecule has 1 aromatic rings. The molecule has 0 bridgehead atoms. The number of nitrogens with zero attached hydrogens (tertiary/aromatic N) is 2. The molecule has 7 heteroatoms. The molecular weight excluding hydrogens is 338 g/mol. The maximum atomic E-state index is 12.9. The lowest BCUT2D eigenvalue weighted by Gasteiger charge is -2.38. The van der Waals surface area contributed by atoms with Crippen molar-refractivity contribution in [2.45, 2.75) is 50.6 Å². The Bertz CT molecular complexity index is 718. The Labute approximate surface area is 151 Å². The average Bonchev–Trinajstić information content (AvgIpc) is 2.60. The average molecular weight is 368 g/mol. The first-order chi connectivity index (χ1) is 11.7. The number of benzene rings is 1. The highest BCUT2D eigenvalue weighted by Gasteiger charge is 2.30. The number of hydrogen-bond donors (Lipinski definition) is 1. The van der Waals surface area contributed by atoms with Gasteiger partial charge in [-0.2, -0.15) is 4.31 Å². The number of likely N-dealkylation sites (tertiary alicyclic amines) is 1. The van der Waals surface area contributed by atoms with Crippen molar-refractivity contribution in [2.24, 2.45) is 11.7 Å². The summed E-state index contributed by atoms with van der Waals surface area (Å²) >= 11 is 0. The molecule has 1 fully saturated rings. The van der Waals surface area contributed by atoms with Gasteiger partial charge in [0.15, 0.2) is 0 Å². The topological polar surface area (TPSA) is 83.7 Å². The van der Waals surface area contributed by atoms with Gasteiger partial charge in [-0.25, -0.2) is 8.42 Å². The molecule has 6 nitrogen and oxygen atoms in total. The molecule has 1 aliphatic heterocycles. The zero-order chi connectivity index (χ0) is 18.8. The summed E-state index contributed by atoms with van der Waals surface area (Å²) in [6.07, 6.45) is 1.83. The van der Waals surface area contributed by atoms with Gasteiger partial charge < -0.3 is 10.6 Å². The molecule has 2 rings (SSSR count). The van der Waals surface area contributed by atoms with E-state index in [1.165, 1.54) is 16.4 Å². The third-order valence-electron chi connectivity index (χ3n) is 5.00. The van der Waals surface area contributed by atoms with Crippen LogP contribution in [-0.4, -0.2) is 55.8 Å². The molecule has 2 N–H and O–H groups in total. The number of amides is 1. The lowest BCUT2D eigenvalue weighted by atomic mass is 9.92. The predicted molar refractivity (Wildman–Crippen MR) is 98.8 cm³/mol. The molecule has 1 aliphatic rings. The van der Waals surface area contributed by atoms with Crippen LogP contribution in [0.1, 0.15) is 44.0 Å². The number of piperidine rings is 1. The summed E-state index contributed by atoms with van der Waals surface area (Å²) in [5.41, 5.74) is 6.24. The van der Waals surface area contributed by atoms with E-state index in [0.717, 1.165) is 12.8 Å². The minimum Gasteiger partial charge on any atom is -0.334 e. The zero-order valence-corrected chi connectivity index (χ0v) is 16.3. The minimum atomic E-state index is -3.61. The third kappa shape index (κ3) is 4.22. The number of carbonyl (C=O) groups excluding carboxylic acids is 1. The van der Waals surface area contributed by atoms with E-state index < -0.39 is 10.0 Å². The van der Waals surface area contributed by atoms with E-state index in [-0.39, 0.29) is 22.9 Å². The smallest absolute Gasteiger partial charge is 0.254 e. The second-order valence-electron chi connectivity index (χ2n) is 7.16. The molecule has 0 aliphatic carbocycles. The van der Waals surface area contributed by atoms with Gasteiger partial charge in [0.25, 0.3) is 5.91 Å². The summed E-state index contributed by atoms with van der Waals surface area (Å²) in [6.45, 7) is 6.87. The van der Waals surface area contributed by atoms with Gasteiger partial charge >= 0.3 is 0 Å². The van der Waals surface area contributed by atoms with Crippen LogP contribution in [0.3, 0.4) is 0 Å². The number of nitrogens with two attached hydrogens (primary N) is 1. The number of carbonyl (C=O) groups is 1. The second kappa shape index (κ2) is 7.85. The SMILES string of the molecule is CC1CCN(C(=O)c2cccc(S(=O)(=O)N(C)C(C)C)c2)C(CN)C1. The van der Waals surface area contributed by atoms with Crippen molar-refractivity contribution in [3.05, 3.63) is 29.8 Å². The van der Waals surface area contributed by atoms with E-state index in [2.05, 4.69) is 6.92 Å². The van der Waals surface area contributed by atoms with Gasteiger partial charge in [-0.1, -0.05) is 13.0 Å². The normalized spacial score (nSPS) is 21.8. The fraction of sp³-hybridized carbons (Fsp3) is 0.611. The van der Waals surface area contributed by atoms with Crippen LogP contribution in [0.5, 0.6) is 0 Å². The van der Waals surface area contributed by atoms with E-state index in [4.69, 9.17) is 5.73 Å². The Morgan fingerprint density at radius 1 is 1.40 bits per heavy atom. The molecule has 1 saturated heterocycles. The van der Waals surface area contributed by atoms with Crippen molar-refractivity contribution in [3.63, 3.8) is 0 Å². The van der Waals surface area contributed by atoms with Crippen LogP contribution in [0.2, 0.25) is 0 Å². The first-order valence-corrected chi connectivity index (χ1v) is 10.2. The molecular formula is C18H29N3O3S. The Hall–Kier alpha value is -1.44. The molecule has 25 heavy (non-hydrogen) atoms. The summed E-state index contributed by atoms with van der Waals surface area (Å²) in [6, 6.07) is 6.15. The predicted octanol–water partition coefficient (Wildman–Crippen LogP) is 1.91. The summed E-state index contributed by atoms with van der Waals surface area (Å²) in [5.74, 6) is 0.399. The summed E-state index contributed by atoms with van der Waals surface area (Å²) in [7, 11) is -2.07. The standard InChI is InChI=1S/C18H29N3O3S/c1-13(2)20(4)25(23,24)17-7-5-6-15(11-17)18(22)21-9-8-14(3)10-16(21)12-19/h5-7,11,13-14,16H,8-10,12,19H2,1-4H3. The van der Waals surface area contributed by atoms with Crippen molar-refractivity contribution >= 4 is 15.9 Å².